The van der Waals surface area contributed by atoms with Crippen LogP contribution in [0, 0.1) is 5.82 Å². The first-order valence-corrected chi connectivity index (χ1v) is 8.13. The topological polar surface area (TPSA) is 78.4 Å². The monoisotopic (exact) mass is 344 g/mol. The standard InChI is InChI=1S/C18H17FN2O4/c1-18(2)9-10(5-6-23-18)16-20-17(25-21-16)15-8-13(22)12-4-3-11(19)7-14(12)24-15/h3-4,7-8,10H,5-6,9H2,1-2H3. The van der Waals surface area contributed by atoms with Gasteiger partial charge >= 0.3 is 0 Å². The second-order valence-electron chi connectivity index (χ2n) is 6.87. The maximum Gasteiger partial charge on any atom is 0.293 e. The number of ether oxygens (including phenoxy) is 1. The van der Waals surface area contributed by atoms with E-state index in [-0.39, 0.29) is 34.2 Å². The molecule has 130 valence electrons. The third-order valence-corrected chi connectivity index (χ3v) is 4.41. The number of rotatable bonds is 2. The molecule has 0 amide bonds. The predicted octanol–water partition coefficient (Wildman–Crippen LogP) is 3.65. The summed E-state index contributed by atoms with van der Waals surface area (Å²) in [5.41, 5.74) is -0.380. The predicted molar refractivity (Wildman–Crippen MR) is 87.7 cm³/mol. The van der Waals surface area contributed by atoms with Crippen molar-refractivity contribution in [3.8, 4) is 11.7 Å². The highest BCUT2D eigenvalue weighted by atomic mass is 19.1. The summed E-state index contributed by atoms with van der Waals surface area (Å²) in [7, 11) is 0. The highest BCUT2D eigenvalue weighted by molar-refractivity contribution is 5.77. The molecule has 0 saturated carbocycles. The van der Waals surface area contributed by atoms with Gasteiger partial charge in [0, 0.05) is 24.7 Å². The van der Waals surface area contributed by atoms with Crippen molar-refractivity contribution in [2.45, 2.75) is 38.2 Å². The Balaban J connectivity index is 1.70. The molecule has 7 heteroatoms. The summed E-state index contributed by atoms with van der Waals surface area (Å²) < 4.78 is 30.0. The average Bonchev–Trinajstić information content (AvgIpc) is 3.03. The van der Waals surface area contributed by atoms with Gasteiger partial charge in [-0.3, -0.25) is 4.79 Å². The van der Waals surface area contributed by atoms with Gasteiger partial charge in [-0.1, -0.05) is 5.16 Å². The molecule has 2 aromatic heterocycles. The first-order chi connectivity index (χ1) is 11.9. The Bertz CT molecular complexity index is 992. The minimum atomic E-state index is -0.483. The fourth-order valence-electron chi connectivity index (χ4n) is 3.19. The molecule has 1 saturated heterocycles. The fourth-order valence-corrected chi connectivity index (χ4v) is 3.19. The van der Waals surface area contributed by atoms with Crippen LogP contribution in [0.5, 0.6) is 0 Å². The molecule has 0 aliphatic carbocycles. The molecule has 1 aliphatic heterocycles. The molecule has 4 rings (SSSR count). The number of nitrogens with zero attached hydrogens (tertiary/aromatic N) is 2. The summed E-state index contributed by atoms with van der Waals surface area (Å²) in [5, 5.41) is 4.33. The van der Waals surface area contributed by atoms with Crippen LogP contribution in [0.3, 0.4) is 0 Å². The van der Waals surface area contributed by atoms with Crippen LogP contribution < -0.4 is 5.43 Å². The number of halogens is 1. The molecule has 0 bridgehead atoms. The molecule has 0 N–H and O–H groups in total. The van der Waals surface area contributed by atoms with Crippen LogP contribution in [0.25, 0.3) is 22.6 Å². The summed E-state index contributed by atoms with van der Waals surface area (Å²) in [6, 6.07) is 5.06. The lowest BCUT2D eigenvalue weighted by molar-refractivity contribution is -0.0604. The van der Waals surface area contributed by atoms with E-state index in [0.717, 1.165) is 12.8 Å². The lowest BCUT2D eigenvalue weighted by atomic mass is 9.88. The minimum absolute atomic E-state index is 0.113. The molecule has 0 spiro atoms. The van der Waals surface area contributed by atoms with Crippen molar-refractivity contribution in [2.24, 2.45) is 0 Å². The van der Waals surface area contributed by atoms with E-state index in [1.165, 1.54) is 24.3 Å². The van der Waals surface area contributed by atoms with E-state index >= 15 is 0 Å². The smallest absolute Gasteiger partial charge is 0.293 e. The van der Waals surface area contributed by atoms with Crippen LogP contribution >= 0.6 is 0 Å². The Hall–Kier alpha value is -2.54. The zero-order valence-electron chi connectivity index (χ0n) is 13.9. The third kappa shape index (κ3) is 3.07. The van der Waals surface area contributed by atoms with Crippen LogP contribution in [0.4, 0.5) is 4.39 Å². The highest BCUT2D eigenvalue weighted by Gasteiger charge is 2.32. The second-order valence-corrected chi connectivity index (χ2v) is 6.87. The molecule has 1 atom stereocenters. The molecule has 6 nitrogen and oxygen atoms in total. The molecule has 1 unspecified atom stereocenters. The van der Waals surface area contributed by atoms with Crippen molar-refractivity contribution in [3.63, 3.8) is 0 Å². The van der Waals surface area contributed by atoms with Crippen LogP contribution in [0.1, 0.15) is 38.4 Å². The number of benzene rings is 1. The Morgan fingerprint density at radius 1 is 1.28 bits per heavy atom. The molecular weight excluding hydrogens is 327 g/mol. The summed E-state index contributed by atoms with van der Waals surface area (Å²) >= 11 is 0. The molecule has 1 fully saturated rings. The molecule has 0 radical (unpaired) electrons. The van der Waals surface area contributed by atoms with Crippen molar-refractivity contribution in [1.82, 2.24) is 10.1 Å². The van der Waals surface area contributed by atoms with Gasteiger partial charge in [0.2, 0.25) is 0 Å². The largest absolute Gasteiger partial charge is 0.451 e. The van der Waals surface area contributed by atoms with Gasteiger partial charge in [-0.05, 0) is 38.8 Å². The van der Waals surface area contributed by atoms with Crippen LogP contribution in [0.2, 0.25) is 0 Å². The zero-order chi connectivity index (χ0) is 17.6. The number of fused-ring (bicyclic) bond motifs is 1. The van der Waals surface area contributed by atoms with Crippen LogP contribution in [-0.4, -0.2) is 22.3 Å². The Morgan fingerprint density at radius 2 is 2.12 bits per heavy atom. The maximum atomic E-state index is 13.4. The molecule has 3 aromatic rings. The summed E-state index contributed by atoms with van der Waals surface area (Å²) in [6.07, 6.45) is 1.58. The van der Waals surface area contributed by atoms with Gasteiger partial charge < -0.3 is 13.7 Å². The first-order valence-electron chi connectivity index (χ1n) is 8.13. The summed E-state index contributed by atoms with van der Waals surface area (Å²) in [4.78, 5) is 16.6. The van der Waals surface area contributed by atoms with E-state index in [9.17, 15) is 9.18 Å². The van der Waals surface area contributed by atoms with Crippen molar-refractivity contribution < 1.29 is 18.1 Å². The summed E-state index contributed by atoms with van der Waals surface area (Å²) in [5.74, 6) is 0.443. The van der Waals surface area contributed by atoms with Crippen LogP contribution in [0.15, 0.2) is 38.0 Å². The van der Waals surface area contributed by atoms with Crippen molar-refractivity contribution in [3.05, 3.63) is 46.1 Å². The lowest BCUT2D eigenvalue weighted by Gasteiger charge is -2.34. The van der Waals surface area contributed by atoms with E-state index in [0.29, 0.717) is 17.8 Å². The lowest BCUT2D eigenvalue weighted by Crippen LogP contribution is -2.33. The minimum Gasteiger partial charge on any atom is -0.451 e. The normalized spacial score (nSPS) is 20.0. The van der Waals surface area contributed by atoms with Crippen molar-refractivity contribution in [1.29, 1.82) is 0 Å². The van der Waals surface area contributed by atoms with Gasteiger partial charge in [-0.25, -0.2) is 4.39 Å². The average molecular weight is 344 g/mol. The third-order valence-electron chi connectivity index (χ3n) is 4.41. The molecular formula is C18H17FN2O4. The van der Waals surface area contributed by atoms with Crippen LogP contribution in [-0.2, 0) is 4.74 Å². The first kappa shape index (κ1) is 16.0. The van der Waals surface area contributed by atoms with Gasteiger partial charge in [-0.2, -0.15) is 4.98 Å². The van der Waals surface area contributed by atoms with E-state index < -0.39 is 5.82 Å². The summed E-state index contributed by atoms with van der Waals surface area (Å²) in [6.45, 7) is 4.68. The molecule has 1 aromatic carbocycles. The maximum absolute atomic E-state index is 13.4. The Kier molecular flexibility index (Phi) is 3.68. The number of hydrogen-bond acceptors (Lipinski definition) is 6. The van der Waals surface area contributed by atoms with E-state index in [1.807, 2.05) is 13.8 Å². The molecule has 3 heterocycles. The Labute approximate surface area is 142 Å². The molecule has 1 aliphatic rings. The van der Waals surface area contributed by atoms with Gasteiger partial charge in [0.1, 0.15) is 11.4 Å². The second kappa shape index (κ2) is 5.77. The quantitative estimate of drug-likeness (QED) is 0.706. The number of hydrogen-bond donors (Lipinski definition) is 0. The van der Waals surface area contributed by atoms with E-state index in [2.05, 4.69) is 10.1 Å². The molecule has 25 heavy (non-hydrogen) atoms. The van der Waals surface area contributed by atoms with Gasteiger partial charge in [-0.15, -0.1) is 0 Å². The zero-order valence-corrected chi connectivity index (χ0v) is 13.9. The van der Waals surface area contributed by atoms with E-state index in [1.54, 1.807) is 0 Å². The van der Waals surface area contributed by atoms with E-state index in [4.69, 9.17) is 13.7 Å². The SMILES string of the molecule is CC1(C)CC(c2noc(-c3cc(=O)c4ccc(F)cc4o3)n2)CCO1. The van der Waals surface area contributed by atoms with Gasteiger partial charge in [0.25, 0.3) is 5.89 Å². The number of aromatic nitrogens is 2. The van der Waals surface area contributed by atoms with Gasteiger partial charge in [0.05, 0.1) is 11.0 Å². The Morgan fingerprint density at radius 3 is 2.92 bits per heavy atom. The van der Waals surface area contributed by atoms with Crippen molar-refractivity contribution >= 4 is 11.0 Å². The fraction of sp³-hybridized carbons (Fsp3) is 0.389. The van der Waals surface area contributed by atoms with Crippen molar-refractivity contribution in [2.75, 3.05) is 6.61 Å². The van der Waals surface area contributed by atoms with Gasteiger partial charge in [0.15, 0.2) is 17.0 Å². The highest BCUT2D eigenvalue weighted by Crippen LogP contribution is 2.35.